The molecule has 0 saturated carbocycles. The summed E-state index contributed by atoms with van der Waals surface area (Å²) in [5, 5.41) is 0.756. The fraction of sp³-hybridized carbons (Fsp3) is 0.333. The first kappa shape index (κ1) is 22.2. The summed E-state index contributed by atoms with van der Waals surface area (Å²) in [5.41, 5.74) is 5.29. The van der Waals surface area contributed by atoms with Crippen molar-refractivity contribution in [1.82, 2.24) is 4.90 Å². The van der Waals surface area contributed by atoms with Crippen molar-refractivity contribution in [2.75, 3.05) is 7.05 Å². The van der Waals surface area contributed by atoms with E-state index in [0.29, 0.717) is 35.2 Å². The van der Waals surface area contributed by atoms with E-state index in [1.165, 1.54) is 0 Å². The van der Waals surface area contributed by atoms with Crippen LogP contribution in [0.4, 0.5) is 0 Å². The number of allylic oxidation sites excluding steroid dienone is 4. The van der Waals surface area contributed by atoms with Gasteiger partial charge < -0.3 is 9.64 Å². The van der Waals surface area contributed by atoms with E-state index in [1.54, 1.807) is 0 Å². The van der Waals surface area contributed by atoms with Crippen LogP contribution in [-0.4, -0.2) is 23.5 Å². The highest BCUT2D eigenvalue weighted by molar-refractivity contribution is 6.37. The van der Waals surface area contributed by atoms with E-state index in [4.69, 9.17) is 27.9 Å². The molecule has 0 amide bonds. The molecule has 4 nitrogen and oxygen atoms in total. The third-order valence-corrected chi connectivity index (χ3v) is 7.39. The molecule has 170 valence electrons. The second-order valence-corrected chi connectivity index (χ2v) is 9.67. The van der Waals surface area contributed by atoms with Crippen molar-refractivity contribution < 1.29 is 14.3 Å². The van der Waals surface area contributed by atoms with Gasteiger partial charge in [-0.25, -0.2) is 0 Å². The van der Waals surface area contributed by atoms with E-state index >= 15 is 0 Å². The lowest BCUT2D eigenvalue weighted by atomic mass is 9.71. The Kier molecular flexibility index (Phi) is 6.07. The maximum Gasteiger partial charge on any atom is 0.161 e. The number of ether oxygens (including phenoxy) is 1. The predicted molar refractivity (Wildman–Crippen MR) is 130 cm³/mol. The summed E-state index contributed by atoms with van der Waals surface area (Å²) in [5.74, 6) is 0.196. The minimum absolute atomic E-state index is 0.106. The van der Waals surface area contributed by atoms with Crippen LogP contribution in [0.3, 0.4) is 0 Å². The molecule has 3 aliphatic rings. The van der Waals surface area contributed by atoms with Crippen LogP contribution in [0.25, 0.3) is 0 Å². The van der Waals surface area contributed by atoms with Crippen molar-refractivity contribution in [3.8, 4) is 5.75 Å². The largest absolute Gasteiger partial charge is 0.486 e. The number of ketones is 2. The summed E-state index contributed by atoms with van der Waals surface area (Å²) >= 11 is 13.3. The minimum atomic E-state index is -0.426. The van der Waals surface area contributed by atoms with E-state index in [-0.39, 0.29) is 11.6 Å². The van der Waals surface area contributed by atoms with Gasteiger partial charge in [-0.05, 0) is 48.9 Å². The Morgan fingerprint density at radius 1 is 0.879 bits per heavy atom. The number of Topliss-reactive ketones (excluding diaryl/α,β-unsaturated/α-hetero) is 2. The molecule has 0 saturated heterocycles. The zero-order valence-corrected chi connectivity index (χ0v) is 20.0. The third-order valence-electron chi connectivity index (χ3n) is 6.82. The Balaban J connectivity index is 1.57. The van der Waals surface area contributed by atoms with Gasteiger partial charge in [-0.15, -0.1) is 0 Å². The Hall–Kier alpha value is -2.56. The number of halogens is 2. The molecule has 0 atom stereocenters. The number of carbonyl (C=O) groups is 2. The standard InChI is InChI=1S/C27H25Cl2NO3/c1-30-20-9-5-11-22(31)25(20)24(26-21(30)10-6-12-23(26)32)17-13-18(28)27(19(29)14-17)33-15-16-7-3-2-4-8-16/h2-4,7-8,13-14,24H,5-6,9-12,15H2,1H3. The molecule has 5 rings (SSSR count). The SMILES string of the molecule is CN1C2=C(C(=O)CCC2)C(c2cc(Cl)c(OCc3ccccc3)c(Cl)c2)C2=C1CCCC2=O. The molecule has 0 N–H and O–H groups in total. The highest BCUT2D eigenvalue weighted by Crippen LogP contribution is 2.50. The molecular formula is C27H25Cl2NO3. The third kappa shape index (κ3) is 4.00. The van der Waals surface area contributed by atoms with Crippen LogP contribution in [-0.2, 0) is 16.2 Å². The molecule has 1 aliphatic heterocycles. The first-order valence-corrected chi connectivity index (χ1v) is 12.1. The Labute approximate surface area is 203 Å². The molecule has 0 fully saturated rings. The Morgan fingerprint density at radius 2 is 1.42 bits per heavy atom. The number of hydrogen-bond donors (Lipinski definition) is 0. The van der Waals surface area contributed by atoms with Gasteiger partial charge in [-0.3, -0.25) is 9.59 Å². The first-order valence-electron chi connectivity index (χ1n) is 11.4. The van der Waals surface area contributed by atoms with Gasteiger partial charge in [0.25, 0.3) is 0 Å². The zero-order chi connectivity index (χ0) is 23.1. The van der Waals surface area contributed by atoms with Crippen LogP contribution >= 0.6 is 23.2 Å². The molecule has 33 heavy (non-hydrogen) atoms. The van der Waals surface area contributed by atoms with Crippen LogP contribution in [0.5, 0.6) is 5.75 Å². The number of hydrogen-bond acceptors (Lipinski definition) is 4. The molecule has 0 unspecified atom stereocenters. The highest BCUT2D eigenvalue weighted by Gasteiger charge is 2.42. The fourth-order valence-electron chi connectivity index (χ4n) is 5.30. The first-order chi connectivity index (χ1) is 16.0. The lowest BCUT2D eigenvalue weighted by Crippen LogP contribution is -2.37. The molecule has 0 bridgehead atoms. The predicted octanol–water partition coefficient (Wildman–Crippen LogP) is 6.62. The van der Waals surface area contributed by atoms with Gasteiger partial charge in [0, 0.05) is 48.3 Å². The molecule has 2 aromatic rings. The van der Waals surface area contributed by atoms with Crippen LogP contribution < -0.4 is 4.74 Å². The topological polar surface area (TPSA) is 46.6 Å². The van der Waals surface area contributed by atoms with Gasteiger partial charge in [-0.2, -0.15) is 0 Å². The van der Waals surface area contributed by atoms with Crippen LogP contribution in [0, 0.1) is 0 Å². The van der Waals surface area contributed by atoms with Gasteiger partial charge in [0.15, 0.2) is 17.3 Å². The molecule has 0 aromatic heterocycles. The van der Waals surface area contributed by atoms with E-state index in [9.17, 15) is 9.59 Å². The Morgan fingerprint density at radius 3 is 1.97 bits per heavy atom. The van der Waals surface area contributed by atoms with Gasteiger partial charge in [0.1, 0.15) is 6.61 Å². The second-order valence-electron chi connectivity index (χ2n) is 8.85. The maximum absolute atomic E-state index is 13.1. The molecule has 6 heteroatoms. The monoisotopic (exact) mass is 481 g/mol. The van der Waals surface area contributed by atoms with Crippen molar-refractivity contribution in [1.29, 1.82) is 0 Å². The van der Waals surface area contributed by atoms with Crippen molar-refractivity contribution in [2.24, 2.45) is 0 Å². The summed E-state index contributed by atoms with van der Waals surface area (Å²) in [6.07, 6.45) is 4.33. The lowest BCUT2D eigenvalue weighted by Gasteiger charge is -2.42. The molecule has 2 aliphatic carbocycles. The Bertz CT molecular complexity index is 1130. The number of carbonyl (C=O) groups excluding carboxylic acids is 2. The summed E-state index contributed by atoms with van der Waals surface area (Å²) in [6.45, 7) is 0.343. The van der Waals surface area contributed by atoms with E-state index in [0.717, 1.165) is 59.4 Å². The van der Waals surface area contributed by atoms with Gasteiger partial charge in [0.05, 0.1) is 10.0 Å². The quantitative estimate of drug-likeness (QED) is 0.492. The van der Waals surface area contributed by atoms with Crippen LogP contribution in [0.2, 0.25) is 10.0 Å². The molecular weight excluding hydrogens is 457 g/mol. The lowest BCUT2D eigenvalue weighted by molar-refractivity contribution is -0.117. The fourth-order valence-corrected chi connectivity index (χ4v) is 5.91. The molecule has 0 radical (unpaired) electrons. The average Bonchev–Trinajstić information content (AvgIpc) is 2.80. The molecule has 0 spiro atoms. The summed E-state index contributed by atoms with van der Waals surface area (Å²) in [6, 6.07) is 13.4. The van der Waals surface area contributed by atoms with Gasteiger partial charge in [-0.1, -0.05) is 53.5 Å². The normalized spacial score (nSPS) is 19.1. The molecule has 2 aromatic carbocycles. The number of benzene rings is 2. The van der Waals surface area contributed by atoms with Crippen molar-refractivity contribution in [3.63, 3.8) is 0 Å². The number of nitrogens with zero attached hydrogens (tertiary/aromatic N) is 1. The van der Waals surface area contributed by atoms with Crippen LogP contribution in [0.15, 0.2) is 65.0 Å². The summed E-state index contributed by atoms with van der Waals surface area (Å²) in [7, 11) is 1.98. The minimum Gasteiger partial charge on any atom is -0.486 e. The van der Waals surface area contributed by atoms with Gasteiger partial charge in [0.2, 0.25) is 0 Å². The highest BCUT2D eigenvalue weighted by atomic mass is 35.5. The smallest absolute Gasteiger partial charge is 0.161 e. The van der Waals surface area contributed by atoms with E-state index in [2.05, 4.69) is 4.90 Å². The second kappa shape index (κ2) is 9.00. The van der Waals surface area contributed by atoms with Crippen LogP contribution in [0.1, 0.15) is 55.6 Å². The average molecular weight is 482 g/mol. The summed E-state index contributed by atoms with van der Waals surface area (Å²) in [4.78, 5) is 28.3. The van der Waals surface area contributed by atoms with Crippen molar-refractivity contribution in [3.05, 3.63) is 86.2 Å². The van der Waals surface area contributed by atoms with E-state index in [1.807, 2.05) is 49.5 Å². The number of rotatable bonds is 4. The van der Waals surface area contributed by atoms with Crippen molar-refractivity contribution >= 4 is 34.8 Å². The summed E-state index contributed by atoms with van der Waals surface area (Å²) < 4.78 is 5.94. The molecule has 1 heterocycles. The van der Waals surface area contributed by atoms with E-state index < -0.39 is 5.92 Å². The van der Waals surface area contributed by atoms with Crippen molar-refractivity contribution in [2.45, 2.75) is 51.0 Å². The maximum atomic E-state index is 13.1. The van der Waals surface area contributed by atoms with Gasteiger partial charge >= 0.3 is 0 Å². The zero-order valence-electron chi connectivity index (χ0n) is 18.5.